The van der Waals surface area contributed by atoms with E-state index < -0.39 is 11.8 Å². The molecule has 4 N–H and O–H groups in total. The minimum atomic E-state index is -0.693. The highest BCUT2D eigenvalue weighted by Gasteiger charge is 2.18. The van der Waals surface area contributed by atoms with Gasteiger partial charge in [0.25, 0.3) is 5.91 Å². The molecule has 0 spiro atoms. The number of hydrogen-bond acceptors (Lipinski definition) is 5. The zero-order chi connectivity index (χ0) is 17.7. The third-order valence-electron chi connectivity index (χ3n) is 3.08. The molecule has 0 aliphatic heterocycles. The van der Waals surface area contributed by atoms with Crippen LogP contribution in [0.15, 0.2) is 36.4 Å². The van der Waals surface area contributed by atoms with E-state index in [0.717, 1.165) is 0 Å². The smallest absolute Gasteiger partial charge is 0.274 e. The van der Waals surface area contributed by atoms with E-state index in [1.165, 1.54) is 31.4 Å². The third kappa shape index (κ3) is 4.30. The molecule has 0 unspecified atom stereocenters. The van der Waals surface area contributed by atoms with Gasteiger partial charge in [-0.15, -0.1) is 0 Å². The number of halogens is 1. The van der Waals surface area contributed by atoms with Crippen molar-refractivity contribution in [3.8, 4) is 17.2 Å². The lowest BCUT2D eigenvalue weighted by Crippen LogP contribution is -2.42. The molecule has 0 radical (unpaired) electrons. The van der Waals surface area contributed by atoms with Crippen molar-refractivity contribution < 1.29 is 24.5 Å². The number of nitrogens with one attached hydrogen (secondary N) is 2. The first-order chi connectivity index (χ1) is 11.4. The van der Waals surface area contributed by atoms with Gasteiger partial charge < -0.3 is 14.9 Å². The molecule has 0 bridgehead atoms. The van der Waals surface area contributed by atoms with Crippen molar-refractivity contribution in [3.63, 3.8) is 0 Å². The summed E-state index contributed by atoms with van der Waals surface area (Å²) in [6.07, 6.45) is -0.0326. The molecule has 24 heavy (non-hydrogen) atoms. The molecule has 0 heterocycles. The Balaban J connectivity index is 2.02. The predicted molar refractivity (Wildman–Crippen MR) is 87.1 cm³/mol. The van der Waals surface area contributed by atoms with Crippen LogP contribution in [0.4, 0.5) is 0 Å². The maximum absolute atomic E-state index is 12.2. The molecule has 8 heteroatoms. The molecule has 2 aromatic rings. The highest BCUT2D eigenvalue weighted by molar-refractivity contribution is 6.34. The third-order valence-corrected chi connectivity index (χ3v) is 3.37. The molecule has 0 saturated carbocycles. The molecule has 2 rings (SSSR count). The topological polar surface area (TPSA) is 108 Å². The first-order valence-electron chi connectivity index (χ1n) is 6.84. The Kier molecular flexibility index (Phi) is 5.49. The average Bonchev–Trinajstić information content (AvgIpc) is 2.51. The van der Waals surface area contributed by atoms with Gasteiger partial charge in [-0.05, 0) is 23.8 Å². The van der Waals surface area contributed by atoms with Gasteiger partial charge in [0.1, 0.15) is 22.8 Å². The van der Waals surface area contributed by atoms with Crippen molar-refractivity contribution in [3.05, 3.63) is 52.5 Å². The first kappa shape index (κ1) is 17.4. The van der Waals surface area contributed by atoms with Crippen LogP contribution in [0, 0.1) is 0 Å². The first-order valence-corrected chi connectivity index (χ1v) is 7.22. The number of benzene rings is 2. The molecule has 7 nitrogen and oxygen atoms in total. The normalized spacial score (nSPS) is 10.1. The Morgan fingerprint density at radius 3 is 2.54 bits per heavy atom. The quantitative estimate of drug-likeness (QED) is 0.628. The standard InChI is InChI=1S/C16H15ClN2O5/c1-24-13-8-11(21)7-12(17)15(13)16(23)19-18-14(22)6-9-3-2-4-10(20)5-9/h2-5,7-8,20-21H,6H2,1H3,(H,18,22)(H,19,23). The predicted octanol–water partition coefficient (Wildman–Crippen LogP) is 1.76. The lowest BCUT2D eigenvalue weighted by atomic mass is 10.1. The summed E-state index contributed by atoms with van der Waals surface area (Å²) in [5, 5.41) is 18.8. The SMILES string of the molecule is COc1cc(O)cc(Cl)c1C(=O)NNC(=O)Cc1cccc(O)c1. The largest absolute Gasteiger partial charge is 0.508 e. The van der Waals surface area contributed by atoms with E-state index in [0.29, 0.717) is 5.56 Å². The number of rotatable bonds is 4. The van der Waals surface area contributed by atoms with Crippen LogP contribution in [0.25, 0.3) is 0 Å². The fourth-order valence-corrected chi connectivity index (χ4v) is 2.32. The maximum Gasteiger partial charge on any atom is 0.274 e. The lowest BCUT2D eigenvalue weighted by molar-refractivity contribution is -0.121. The summed E-state index contributed by atoms with van der Waals surface area (Å²) in [7, 11) is 1.32. The average molecular weight is 351 g/mol. The van der Waals surface area contributed by atoms with Crippen LogP contribution in [0.2, 0.25) is 5.02 Å². The number of hydrazine groups is 1. The second-order valence-corrected chi connectivity index (χ2v) is 5.26. The summed E-state index contributed by atoms with van der Waals surface area (Å²) < 4.78 is 5.00. The van der Waals surface area contributed by atoms with Crippen LogP contribution in [-0.2, 0) is 11.2 Å². The van der Waals surface area contributed by atoms with E-state index in [2.05, 4.69) is 10.9 Å². The highest BCUT2D eigenvalue weighted by Crippen LogP contribution is 2.31. The van der Waals surface area contributed by atoms with Gasteiger partial charge in [0.2, 0.25) is 5.91 Å². The summed E-state index contributed by atoms with van der Waals surface area (Å²) >= 11 is 5.93. The van der Waals surface area contributed by atoms with Crippen LogP contribution in [0.3, 0.4) is 0 Å². The van der Waals surface area contributed by atoms with Gasteiger partial charge in [-0.25, -0.2) is 0 Å². The van der Waals surface area contributed by atoms with Crippen molar-refractivity contribution in [2.24, 2.45) is 0 Å². The van der Waals surface area contributed by atoms with Gasteiger partial charge in [0.15, 0.2) is 0 Å². The van der Waals surface area contributed by atoms with Crippen molar-refractivity contribution in [1.29, 1.82) is 0 Å². The zero-order valence-electron chi connectivity index (χ0n) is 12.7. The van der Waals surface area contributed by atoms with E-state index in [1.54, 1.807) is 12.1 Å². The van der Waals surface area contributed by atoms with Crippen molar-refractivity contribution in [2.45, 2.75) is 6.42 Å². The highest BCUT2D eigenvalue weighted by atomic mass is 35.5. The number of amides is 2. The molecule has 0 aliphatic rings. The molecule has 0 fully saturated rings. The van der Waals surface area contributed by atoms with E-state index in [4.69, 9.17) is 16.3 Å². The maximum atomic E-state index is 12.2. The number of methoxy groups -OCH3 is 1. The van der Waals surface area contributed by atoms with Gasteiger partial charge in [-0.2, -0.15) is 0 Å². The molecular formula is C16H15ClN2O5. The van der Waals surface area contributed by atoms with Gasteiger partial charge in [-0.1, -0.05) is 23.7 Å². The summed E-state index contributed by atoms with van der Waals surface area (Å²) in [6.45, 7) is 0. The van der Waals surface area contributed by atoms with Crippen molar-refractivity contribution in [1.82, 2.24) is 10.9 Å². The van der Waals surface area contributed by atoms with Crippen LogP contribution < -0.4 is 15.6 Å². The number of ether oxygens (including phenoxy) is 1. The minimum absolute atomic E-state index is 0.0189. The number of aromatic hydroxyl groups is 2. The monoisotopic (exact) mass is 350 g/mol. The second kappa shape index (κ2) is 7.56. The number of carbonyl (C=O) groups excluding carboxylic acids is 2. The Hall–Kier alpha value is -2.93. The minimum Gasteiger partial charge on any atom is -0.508 e. The van der Waals surface area contributed by atoms with Crippen LogP contribution in [0.1, 0.15) is 15.9 Å². The van der Waals surface area contributed by atoms with E-state index in [-0.39, 0.29) is 34.3 Å². The van der Waals surface area contributed by atoms with Crippen LogP contribution in [0.5, 0.6) is 17.2 Å². The molecule has 0 aromatic heterocycles. The molecule has 0 saturated heterocycles. The van der Waals surface area contributed by atoms with Crippen molar-refractivity contribution >= 4 is 23.4 Å². The van der Waals surface area contributed by atoms with Crippen LogP contribution in [-0.4, -0.2) is 29.1 Å². The molecule has 126 valence electrons. The molecular weight excluding hydrogens is 336 g/mol. The Labute approximate surface area is 142 Å². The number of carbonyl (C=O) groups is 2. The zero-order valence-corrected chi connectivity index (χ0v) is 13.4. The number of phenols is 2. The fraction of sp³-hybridized carbons (Fsp3) is 0.125. The fourth-order valence-electron chi connectivity index (χ4n) is 2.03. The van der Waals surface area contributed by atoms with E-state index >= 15 is 0 Å². The second-order valence-electron chi connectivity index (χ2n) is 4.85. The molecule has 2 amide bonds. The number of hydrogen-bond donors (Lipinski definition) is 4. The Morgan fingerprint density at radius 2 is 1.88 bits per heavy atom. The Bertz CT molecular complexity index is 779. The molecule has 0 aliphatic carbocycles. The summed E-state index contributed by atoms with van der Waals surface area (Å²) in [5.41, 5.74) is 5.03. The molecule has 0 atom stereocenters. The van der Waals surface area contributed by atoms with Crippen LogP contribution >= 0.6 is 11.6 Å². The van der Waals surface area contributed by atoms with Gasteiger partial charge in [0, 0.05) is 6.07 Å². The number of phenolic OH excluding ortho intramolecular Hbond substituents is 2. The molecule has 2 aromatic carbocycles. The summed E-state index contributed by atoms with van der Waals surface area (Å²) in [5.74, 6) is -1.21. The van der Waals surface area contributed by atoms with Gasteiger partial charge in [0.05, 0.1) is 18.6 Å². The van der Waals surface area contributed by atoms with Gasteiger partial charge >= 0.3 is 0 Å². The van der Waals surface area contributed by atoms with Crippen molar-refractivity contribution in [2.75, 3.05) is 7.11 Å². The lowest BCUT2D eigenvalue weighted by Gasteiger charge is -2.12. The summed E-state index contributed by atoms with van der Waals surface area (Å²) in [4.78, 5) is 24.0. The van der Waals surface area contributed by atoms with E-state index in [9.17, 15) is 19.8 Å². The van der Waals surface area contributed by atoms with Gasteiger partial charge in [-0.3, -0.25) is 20.4 Å². The Morgan fingerprint density at radius 1 is 1.12 bits per heavy atom. The van der Waals surface area contributed by atoms with E-state index in [1.807, 2.05) is 0 Å². The summed E-state index contributed by atoms with van der Waals surface area (Å²) in [6, 6.07) is 8.63.